The van der Waals surface area contributed by atoms with E-state index in [1.165, 1.54) is 6.92 Å². The Morgan fingerprint density at radius 1 is 1.40 bits per heavy atom. The molecule has 0 spiro atoms. The third kappa shape index (κ3) is 3.46. The van der Waals surface area contributed by atoms with Crippen LogP contribution in [0.4, 0.5) is 0 Å². The minimum Gasteiger partial charge on any atom is -0.356 e. The first kappa shape index (κ1) is 12.4. The van der Waals surface area contributed by atoms with Gasteiger partial charge in [0.25, 0.3) is 0 Å². The number of nitrogens with two attached hydrogens (primary N) is 1. The molecule has 0 aromatic rings. The van der Waals surface area contributed by atoms with Crippen LogP contribution in [0.3, 0.4) is 0 Å². The molecule has 0 unspecified atom stereocenters. The fourth-order valence-corrected chi connectivity index (χ4v) is 3.43. The standard InChI is InChI=1S/C9H18N2O3S/c1-8(12)11-7-9(6-10)2-4-15(13,14)5-3-9/h2-7,10H2,1H3,(H,11,12). The maximum absolute atomic E-state index is 11.3. The highest BCUT2D eigenvalue weighted by Gasteiger charge is 2.36. The smallest absolute Gasteiger partial charge is 0.216 e. The monoisotopic (exact) mass is 234 g/mol. The molecule has 1 fully saturated rings. The van der Waals surface area contributed by atoms with E-state index in [0.717, 1.165) is 0 Å². The first-order valence-corrected chi connectivity index (χ1v) is 6.86. The van der Waals surface area contributed by atoms with Crippen LogP contribution >= 0.6 is 0 Å². The molecular formula is C9H18N2O3S. The molecule has 1 heterocycles. The third-order valence-corrected chi connectivity index (χ3v) is 4.68. The zero-order valence-electron chi connectivity index (χ0n) is 8.95. The number of hydrogen-bond donors (Lipinski definition) is 2. The summed E-state index contributed by atoms with van der Waals surface area (Å²) >= 11 is 0. The Hall–Kier alpha value is -0.620. The van der Waals surface area contributed by atoms with Gasteiger partial charge in [0.05, 0.1) is 11.5 Å². The van der Waals surface area contributed by atoms with Crippen molar-refractivity contribution >= 4 is 15.7 Å². The fourth-order valence-electron chi connectivity index (χ4n) is 1.74. The highest BCUT2D eigenvalue weighted by Crippen LogP contribution is 2.30. The van der Waals surface area contributed by atoms with Crippen molar-refractivity contribution in [2.24, 2.45) is 11.1 Å². The number of sulfone groups is 1. The Morgan fingerprint density at radius 2 is 1.93 bits per heavy atom. The summed E-state index contributed by atoms with van der Waals surface area (Å²) in [5.41, 5.74) is 5.44. The van der Waals surface area contributed by atoms with Crippen LogP contribution in [0.25, 0.3) is 0 Å². The molecule has 1 saturated heterocycles. The van der Waals surface area contributed by atoms with E-state index in [9.17, 15) is 13.2 Å². The van der Waals surface area contributed by atoms with Crippen LogP contribution in [0.5, 0.6) is 0 Å². The van der Waals surface area contributed by atoms with Gasteiger partial charge in [-0.05, 0) is 19.4 Å². The first-order valence-electron chi connectivity index (χ1n) is 5.04. The summed E-state index contributed by atoms with van der Waals surface area (Å²) in [6, 6.07) is 0. The second-order valence-electron chi connectivity index (χ2n) is 4.27. The molecule has 1 aliphatic rings. The van der Waals surface area contributed by atoms with E-state index in [2.05, 4.69) is 5.32 Å². The SMILES string of the molecule is CC(=O)NCC1(CN)CCS(=O)(=O)CC1. The van der Waals surface area contributed by atoms with Crippen molar-refractivity contribution in [2.45, 2.75) is 19.8 Å². The highest BCUT2D eigenvalue weighted by molar-refractivity contribution is 7.91. The molecule has 1 aliphatic heterocycles. The fraction of sp³-hybridized carbons (Fsp3) is 0.889. The Kier molecular flexibility index (Phi) is 3.72. The molecule has 3 N–H and O–H groups in total. The van der Waals surface area contributed by atoms with Gasteiger partial charge in [0.2, 0.25) is 5.91 Å². The van der Waals surface area contributed by atoms with Crippen LogP contribution in [-0.2, 0) is 14.6 Å². The molecule has 1 rings (SSSR count). The quantitative estimate of drug-likeness (QED) is 0.674. The largest absolute Gasteiger partial charge is 0.356 e. The zero-order valence-corrected chi connectivity index (χ0v) is 9.77. The van der Waals surface area contributed by atoms with Crippen LogP contribution in [-0.4, -0.2) is 38.9 Å². The van der Waals surface area contributed by atoms with Gasteiger partial charge in [0, 0.05) is 18.9 Å². The molecule has 0 atom stereocenters. The van der Waals surface area contributed by atoms with Gasteiger partial charge in [-0.2, -0.15) is 0 Å². The normalized spacial score (nSPS) is 23.3. The molecule has 0 aromatic carbocycles. The Morgan fingerprint density at radius 3 is 2.33 bits per heavy atom. The molecule has 0 aromatic heterocycles. The van der Waals surface area contributed by atoms with Crippen molar-refractivity contribution in [1.29, 1.82) is 0 Å². The molecule has 15 heavy (non-hydrogen) atoms. The molecular weight excluding hydrogens is 216 g/mol. The highest BCUT2D eigenvalue weighted by atomic mass is 32.2. The Balaban J connectivity index is 2.60. The summed E-state index contributed by atoms with van der Waals surface area (Å²) in [7, 11) is -2.87. The number of hydrogen-bond acceptors (Lipinski definition) is 4. The molecule has 88 valence electrons. The van der Waals surface area contributed by atoms with Gasteiger partial charge in [-0.1, -0.05) is 0 Å². The minimum atomic E-state index is -2.87. The van der Waals surface area contributed by atoms with Gasteiger partial charge in [-0.25, -0.2) is 8.42 Å². The summed E-state index contributed by atoms with van der Waals surface area (Å²) in [6.45, 7) is 2.35. The molecule has 0 aliphatic carbocycles. The summed E-state index contributed by atoms with van der Waals surface area (Å²) in [4.78, 5) is 10.8. The van der Waals surface area contributed by atoms with Gasteiger partial charge >= 0.3 is 0 Å². The number of nitrogens with one attached hydrogen (secondary N) is 1. The van der Waals surface area contributed by atoms with Crippen molar-refractivity contribution < 1.29 is 13.2 Å². The van der Waals surface area contributed by atoms with E-state index in [1.54, 1.807) is 0 Å². The summed E-state index contributed by atoms with van der Waals surface area (Å²) < 4.78 is 22.5. The predicted octanol–water partition coefficient (Wildman–Crippen LogP) is -0.724. The van der Waals surface area contributed by atoms with Gasteiger partial charge < -0.3 is 11.1 Å². The summed E-state index contributed by atoms with van der Waals surface area (Å²) in [5.74, 6) is 0.268. The van der Waals surface area contributed by atoms with Crippen LogP contribution in [0, 0.1) is 5.41 Å². The molecule has 5 nitrogen and oxygen atoms in total. The second-order valence-corrected chi connectivity index (χ2v) is 6.57. The van der Waals surface area contributed by atoms with Crippen LogP contribution in [0.1, 0.15) is 19.8 Å². The lowest BCUT2D eigenvalue weighted by Crippen LogP contribution is -2.46. The predicted molar refractivity (Wildman–Crippen MR) is 58.1 cm³/mol. The number of rotatable bonds is 3. The zero-order chi connectivity index (χ0) is 11.5. The van der Waals surface area contributed by atoms with E-state index >= 15 is 0 Å². The average Bonchev–Trinajstić information content (AvgIpc) is 2.17. The van der Waals surface area contributed by atoms with Crippen molar-refractivity contribution in [3.05, 3.63) is 0 Å². The maximum atomic E-state index is 11.3. The second kappa shape index (κ2) is 4.49. The van der Waals surface area contributed by atoms with E-state index in [-0.39, 0.29) is 22.8 Å². The van der Waals surface area contributed by atoms with Gasteiger partial charge in [0.15, 0.2) is 0 Å². The first-order chi connectivity index (χ1) is 6.89. The lowest BCUT2D eigenvalue weighted by molar-refractivity contribution is -0.119. The summed E-state index contributed by atoms with van der Waals surface area (Å²) in [5, 5.41) is 2.72. The van der Waals surface area contributed by atoms with Gasteiger partial charge in [-0.3, -0.25) is 4.79 Å². The lowest BCUT2D eigenvalue weighted by Gasteiger charge is -2.35. The van der Waals surface area contributed by atoms with E-state index in [1.807, 2.05) is 0 Å². The van der Waals surface area contributed by atoms with Crippen LogP contribution in [0.2, 0.25) is 0 Å². The molecule has 0 bridgehead atoms. The van der Waals surface area contributed by atoms with Crippen LogP contribution < -0.4 is 11.1 Å². The number of carbonyl (C=O) groups is 1. The van der Waals surface area contributed by atoms with Crippen molar-refractivity contribution in [3.8, 4) is 0 Å². The van der Waals surface area contributed by atoms with Crippen LogP contribution in [0.15, 0.2) is 0 Å². The number of amides is 1. The van der Waals surface area contributed by atoms with Crippen molar-refractivity contribution in [2.75, 3.05) is 24.6 Å². The van der Waals surface area contributed by atoms with Crippen molar-refractivity contribution in [1.82, 2.24) is 5.32 Å². The third-order valence-electron chi connectivity index (χ3n) is 3.03. The molecule has 0 saturated carbocycles. The molecule has 1 amide bonds. The minimum absolute atomic E-state index is 0.101. The Bertz CT molecular complexity index is 323. The molecule has 0 radical (unpaired) electrons. The van der Waals surface area contributed by atoms with Gasteiger partial charge in [0.1, 0.15) is 9.84 Å². The number of carbonyl (C=O) groups excluding carboxylic acids is 1. The molecule has 6 heteroatoms. The average molecular weight is 234 g/mol. The van der Waals surface area contributed by atoms with E-state index in [0.29, 0.717) is 25.9 Å². The van der Waals surface area contributed by atoms with Crippen molar-refractivity contribution in [3.63, 3.8) is 0 Å². The van der Waals surface area contributed by atoms with E-state index < -0.39 is 9.84 Å². The summed E-state index contributed by atoms with van der Waals surface area (Å²) in [6.07, 6.45) is 1.10. The Labute approximate surface area is 90.3 Å². The van der Waals surface area contributed by atoms with E-state index in [4.69, 9.17) is 5.73 Å². The van der Waals surface area contributed by atoms with Gasteiger partial charge in [-0.15, -0.1) is 0 Å². The lowest BCUT2D eigenvalue weighted by atomic mass is 9.82. The maximum Gasteiger partial charge on any atom is 0.216 e. The topological polar surface area (TPSA) is 89.3 Å².